The van der Waals surface area contributed by atoms with Crippen LogP contribution >= 0.6 is 0 Å². The molecule has 1 atom stereocenters. The first-order valence-corrected chi connectivity index (χ1v) is 6.70. The van der Waals surface area contributed by atoms with Crippen LogP contribution in [-0.4, -0.2) is 28.6 Å². The molecule has 110 valence electrons. The van der Waals surface area contributed by atoms with Gasteiger partial charge < -0.3 is 10.0 Å². The fourth-order valence-corrected chi connectivity index (χ4v) is 2.71. The van der Waals surface area contributed by atoms with Crippen molar-refractivity contribution in [3.05, 3.63) is 33.9 Å². The summed E-state index contributed by atoms with van der Waals surface area (Å²) in [5.41, 5.74) is 0.575. The molecule has 0 amide bonds. The molecule has 7 heteroatoms. The Bertz CT molecular complexity index is 609. The number of rotatable bonds is 4. The van der Waals surface area contributed by atoms with Gasteiger partial charge in [0, 0.05) is 18.7 Å². The van der Waals surface area contributed by atoms with E-state index in [1.165, 1.54) is 18.2 Å². The van der Waals surface area contributed by atoms with Crippen molar-refractivity contribution in [2.45, 2.75) is 31.7 Å². The highest BCUT2D eigenvalue weighted by Crippen LogP contribution is 2.34. The van der Waals surface area contributed by atoms with Crippen LogP contribution in [0.2, 0.25) is 0 Å². The standard InChI is InChI=1S/C14H15N3O4/c15-9-10-4-5-12(17(20)21)13(7-10)16-6-2-1-3-11(16)8-14(18)19/h4-5,7,11H,1-3,6,8H2,(H,18,19). The number of nitro benzene ring substituents is 1. The van der Waals surface area contributed by atoms with Gasteiger partial charge in [-0.3, -0.25) is 14.9 Å². The molecule has 0 bridgehead atoms. The van der Waals surface area contributed by atoms with Gasteiger partial charge in [-0.05, 0) is 31.4 Å². The molecule has 7 nitrogen and oxygen atoms in total. The minimum atomic E-state index is -0.925. The summed E-state index contributed by atoms with van der Waals surface area (Å²) in [5.74, 6) is -0.925. The van der Waals surface area contributed by atoms with E-state index < -0.39 is 10.9 Å². The fraction of sp³-hybridized carbons (Fsp3) is 0.429. The molecule has 1 fully saturated rings. The first-order chi connectivity index (χ1) is 10.0. The van der Waals surface area contributed by atoms with E-state index in [0.29, 0.717) is 24.2 Å². The second-order valence-corrected chi connectivity index (χ2v) is 5.01. The van der Waals surface area contributed by atoms with Crippen LogP contribution in [0.5, 0.6) is 0 Å². The molecule has 1 unspecified atom stereocenters. The molecule has 1 aliphatic heterocycles. The molecule has 1 aliphatic rings. The zero-order valence-corrected chi connectivity index (χ0v) is 11.4. The number of aliphatic carboxylic acids is 1. The Balaban J connectivity index is 2.43. The average molecular weight is 289 g/mol. The second-order valence-electron chi connectivity index (χ2n) is 5.01. The van der Waals surface area contributed by atoms with E-state index in [-0.39, 0.29) is 18.2 Å². The summed E-state index contributed by atoms with van der Waals surface area (Å²) in [6.45, 7) is 0.563. The molecular formula is C14H15N3O4. The zero-order chi connectivity index (χ0) is 15.4. The molecule has 2 rings (SSSR count). The minimum Gasteiger partial charge on any atom is -0.481 e. The Labute approximate surface area is 121 Å². The number of carboxylic acid groups (broad SMARTS) is 1. The smallest absolute Gasteiger partial charge is 0.305 e. The number of nitro groups is 1. The Morgan fingerprint density at radius 3 is 2.90 bits per heavy atom. The van der Waals surface area contributed by atoms with Gasteiger partial charge in [-0.1, -0.05) is 0 Å². The topological polar surface area (TPSA) is 107 Å². The van der Waals surface area contributed by atoms with Crippen LogP contribution in [0.4, 0.5) is 11.4 Å². The highest BCUT2D eigenvalue weighted by Gasteiger charge is 2.29. The van der Waals surface area contributed by atoms with Crippen molar-refractivity contribution >= 4 is 17.3 Å². The van der Waals surface area contributed by atoms with E-state index in [2.05, 4.69) is 0 Å². The lowest BCUT2D eigenvalue weighted by molar-refractivity contribution is -0.384. The van der Waals surface area contributed by atoms with Crippen LogP contribution in [0.25, 0.3) is 0 Å². The lowest BCUT2D eigenvalue weighted by Gasteiger charge is -2.36. The fourth-order valence-electron chi connectivity index (χ4n) is 2.71. The molecule has 0 radical (unpaired) electrons. The number of nitrogens with zero attached hydrogens (tertiary/aromatic N) is 3. The Morgan fingerprint density at radius 1 is 1.52 bits per heavy atom. The highest BCUT2D eigenvalue weighted by molar-refractivity contribution is 5.71. The van der Waals surface area contributed by atoms with E-state index >= 15 is 0 Å². The van der Waals surface area contributed by atoms with Gasteiger partial charge in [0.25, 0.3) is 5.69 Å². The summed E-state index contributed by atoms with van der Waals surface area (Å²) in [6.07, 6.45) is 2.37. The number of benzene rings is 1. The summed E-state index contributed by atoms with van der Waals surface area (Å²) in [7, 11) is 0. The van der Waals surface area contributed by atoms with Gasteiger partial charge >= 0.3 is 5.97 Å². The van der Waals surface area contributed by atoms with Crippen LogP contribution in [0.3, 0.4) is 0 Å². The number of hydrogen-bond donors (Lipinski definition) is 1. The maximum Gasteiger partial charge on any atom is 0.305 e. The number of carboxylic acids is 1. The highest BCUT2D eigenvalue weighted by atomic mass is 16.6. The molecule has 0 aromatic heterocycles. The quantitative estimate of drug-likeness (QED) is 0.673. The number of anilines is 1. The average Bonchev–Trinajstić information content (AvgIpc) is 2.46. The Hall–Kier alpha value is -2.62. The largest absolute Gasteiger partial charge is 0.481 e. The lowest BCUT2D eigenvalue weighted by atomic mass is 9.97. The van der Waals surface area contributed by atoms with Crippen molar-refractivity contribution in [3.8, 4) is 6.07 Å². The van der Waals surface area contributed by atoms with Gasteiger partial charge in [0.2, 0.25) is 0 Å². The third-order valence-corrected chi connectivity index (χ3v) is 3.65. The molecule has 0 saturated carbocycles. The summed E-state index contributed by atoms with van der Waals surface area (Å²) >= 11 is 0. The monoisotopic (exact) mass is 289 g/mol. The van der Waals surface area contributed by atoms with Gasteiger partial charge in [0.15, 0.2) is 0 Å². The molecule has 21 heavy (non-hydrogen) atoms. The second kappa shape index (κ2) is 6.22. The number of nitriles is 1. The third kappa shape index (κ3) is 3.28. The molecule has 1 aromatic rings. The van der Waals surface area contributed by atoms with Gasteiger partial charge in [0.1, 0.15) is 5.69 Å². The molecule has 1 aromatic carbocycles. The van der Waals surface area contributed by atoms with Crippen molar-refractivity contribution in [1.29, 1.82) is 5.26 Å². The first kappa shape index (κ1) is 14.8. The maximum atomic E-state index is 11.2. The summed E-state index contributed by atoms with van der Waals surface area (Å²) in [5, 5.41) is 29.1. The van der Waals surface area contributed by atoms with Crippen LogP contribution < -0.4 is 4.90 Å². The van der Waals surface area contributed by atoms with Crippen molar-refractivity contribution in [3.63, 3.8) is 0 Å². The molecule has 0 aliphatic carbocycles. The van der Waals surface area contributed by atoms with Gasteiger partial charge in [0.05, 0.1) is 23.0 Å². The van der Waals surface area contributed by atoms with E-state index in [4.69, 9.17) is 10.4 Å². The summed E-state index contributed by atoms with van der Waals surface area (Å²) < 4.78 is 0. The maximum absolute atomic E-state index is 11.2. The Kier molecular flexibility index (Phi) is 4.38. The zero-order valence-electron chi connectivity index (χ0n) is 11.4. The van der Waals surface area contributed by atoms with E-state index in [0.717, 1.165) is 12.8 Å². The van der Waals surface area contributed by atoms with E-state index in [1.807, 2.05) is 6.07 Å². The van der Waals surface area contributed by atoms with E-state index in [9.17, 15) is 14.9 Å². The van der Waals surface area contributed by atoms with Crippen LogP contribution in [0, 0.1) is 21.4 Å². The van der Waals surface area contributed by atoms with E-state index in [1.54, 1.807) is 4.90 Å². The molecule has 0 spiro atoms. The van der Waals surface area contributed by atoms with Crippen molar-refractivity contribution < 1.29 is 14.8 Å². The van der Waals surface area contributed by atoms with Gasteiger partial charge in [-0.2, -0.15) is 5.26 Å². The predicted molar refractivity (Wildman–Crippen MR) is 75.0 cm³/mol. The normalized spacial score (nSPS) is 18.0. The molecule has 1 saturated heterocycles. The first-order valence-electron chi connectivity index (χ1n) is 6.70. The van der Waals surface area contributed by atoms with Crippen molar-refractivity contribution in [2.24, 2.45) is 0 Å². The van der Waals surface area contributed by atoms with Crippen LogP contribution in [0.15, 0.2) is 18.2 Å². The minimum absolute atomic E-state index is 0.0616. The van der Waals surface area contributed by atoms with Crippen LogP contribution in [-0.2, 0) is 4.79 Å². The molecule has 1 heterocycles. The lowest BCUT2D eigenvalue weighted by Crippen LogP contribution is -2.41. The molecule has 1 N–H and O–H groups in total. The Morgan fingerprint density at radius 2 is 2.29 bits per heavy atom. The van der Waals surface area contributed by atoms with Crippen molar-refractivity contribution in [1.82, 2.24) is 0 Å². The number of piperidine rings is 1. The van der Waals surface area contributed by atoms with Crippen molar-refractivity contribution in [2.75, 3.05) is 11.4 Å². The van der Waals surface area contributed by atoms with Gasteiger partial charge in [-0.25, -0.2) is 0 Å². The number of carbonyl (C=O) groups is 1. The number of hydrogen-bond acceptors (Lipinski definition) is 5. The molecular weight excluding hydrogens is 274 g/mol. The van der Waals surface area contributed by atoms with Crippen LogP contribution in [0.1, 0.15) is 31.2 Å². The van der Waals surface area contributed by atoms with Gasteiger partial charge in [-0.15, -0.1) is 0 Å². The predicted octanol–water partition coefficient (Wildman–Crippen LogP) is 2.30. The summed E-state index contributed by atoms with van der Waals surface area (Å²) in [6, 6.07) is 5.87. The SMILES string of the molecule is N#Cc1ccc([N+](=O)[O-])c(N2CCCCC2CC(=O)O)c1. The summed E-state index contributed by atoms with van der Waals surface area (Å²) in [4.78, 5) is 23.4. The third-order valence-electron chi connectivity index (χ3n) is 3.65.